The molecular weight excluding hydrogens is 261 g/mol. The molecule has 1 unspecified atom stereocenters. The van der Waals surface area contributed by atoms with E-state index >= 15 is 0 Å². The Balaban J connectivity index is 2.70. The van der Waals surface area contributed by atoms with Gasteiger partial charge in [-0.15, -0.1) is 0 Å². The fourth-order valence-corrected chi connectivity index (χ4v) is 1.51. The van der Waals surface area contributed by atoms with Crippen molar-refractivity contribution in [2.75, 3.05) is 6.54 Å². The molecule has 0 aliphatic heterocycles. The van der Waals surface area contributed by atoms with Gasteiger partial charge in [-0.3, -0.25) is 4.79 Å². The molecule has 5 heteroatoms. The summed E-state index contributed by atoms with van der Waals surface area (Å²) >= 11 is 11.6. The number of hydrogen-bond donors (Lipinski definition) is 2. The Morgan fingerprint density at radius 3 is 2.71 bits per heavy atom. The third-order valence-corrected chi connectivity index (χ3v) is 2.89. The van der Waals surface area contributed by atoms with Crippen LogP contribution in [0.25, 0.3) is 6.08 Å². The monoisotopic (exact) mass is 273 g/mol. The molecule has 92 valence electrons. The van der Waals surface area contributed by atoms with Crippen LogP contribution in [0.15, 0.2) is 24.3 Å². The van der Waals surface area contributed by atoms with Gasteiger partial charge < -0.3 is 10.8 Å². The van der Waals surface area contributed by atoms with Gasteiger partial charge in [0.25, 0.3) is 0 Å². The second kappa shape index (κ2) is 6.77. The molecule has 3 nitrogen and oxygen atoms in total. The van der Waals surface area contributed by atoms with Gasteiger partial charge in [-0.25, -0.2) is 0 Å². The molecule has 0 aromatic heterocycles. The summed E-state index contributed by atoms with van der Waals surface area (Å²) in [5.41, 5.74) is 5.99. The Bertz CT molecular complexity index is 433. The summed E-state index contributed by atoms with van der Waals surface area (Å²) in [7, 11) is 0. The minimum atomic E-state index is -1.04. The van der Waals surface area contributed by atoms with Crippen LogP contribution in [0.5, 0.6) is 0 Å². The number of ketones is 1. The number of benzene rings is 1. The Hall–Kier alpha value is -0.870. The molecule has 0 amide bonds. The van der Waals surface area contributed by atoms with Gasteiger partial charge in [-0.05, 0) is 36.7 Å². The first-order valence-corrected chi connectivity index (χ1v) is 5.85. The van der Waals surface area contributed by atoms with Gasteiger partial charge in [0.1, 0.15) is 6.10 Å². The predicted molar refractivity (Wildman–Crippen MR) is 70.2 cm³/mol. The molecule has 0 saturated carbocycles. The molecule has 17 heavy (non-hydrogen) atoms. The van der Waals surface area contributed by atoms with Crippen LogP contribution in [0.3, 0.4) is 0 Å². The van der Waals surface area contributed by atoms with Gasteiger partial charge in [0.15, 0.2) is 5.78 Å². The van der Waals surface area contributed by atoms with Crippen molar-refractivity contribution in [2.24, 2.45) is 5.73 Å². The summed E-state index contributed by atoms with van der Waals surface area (Å²) in [6.45, 7) is 0.271. The lowest BCUT2D eigenvalue weighted by atomic mass is 10.1. The van der Waals surface area contributed by atoms with E-state index in [0.29, 0.717) is 10.0 Å². The van der Waals surface area contributed by atoms with Crippen LogP contribution in [0.4, 0.5) is 0 Å². The highest BCUT2D eigenvalue weighted by Crippen LogP contribution is 2.23. The quantitative estimate of drug-likeness (QED) is 0.810. The lowest BCUT2D eigenvalue weighted by Gasteiger charge is -2.03. The normalized spacial score (nSPS) is 12.9. The van der Waals surface area contributed by atoms with Gasteiger partial charge >= 0.3 is 0 Å². The standard InChI is InChI=1S/C12H13Cl2NO2/c13-9-3-1-8(7-10(9)14)2-4-11(16)12(17)5-6-15/h1-4,7,12,17H,5-6,15H2. The number of hydrogen-bond acceptors (Lipinski definition) is 3. The van der Waals surface area contributed by atoms with Crippen molar-refractivity contribution in [3.63, 3.8) is 0 Å². The summed E-state index contributed by atoms with van der Waals surface area (Å²) in [5, 5.41) is 10.2. The zero-order valence-electron chi connectivity index (χ0n) is 9.07. The van der Waals surface area contributed by atoms with E-state index in [4.69, 9.17) is 28.9 Å². The molecule has 0 radical (unpaired) electrons. The van der Waals surface area contributed by atoms with E-state index in [1.807, 2.05) is 0 Å². The molecular formula is C12H13Cl2NO2. The molecule has 0 heterocycles. The summed E-state index contributed by atoms with van der Waals surface area (Å²) in [5.74, 6) is -0.374. The third kappa shape index (κ3) is 4.48. The molecule has 1 rings (SSSR count). The SMILES string of the molecule is NCCC(O)C(=O)C=Cc1ccc(Cl)c(Cl)c1. The highest BCUT2D eigenvalue weighted by molar-refractivity contribution is 6.42. The topological polar surface area (TPSA) is 63.3 Å². The lowest BCUT2D eigenvalue weighted by molar-refractivity contribution is -0.122. The smallest absolute Gasteiger partial charge is 0.184 e. The van der Waals surface area contributed by atoms with Crippen LogP contribution >= 0.6 is 23.2 Å². The van der Waals surface area contributed by atoms with Crippen LogP contribution in [-0.4, -0.2) is 23.5 Å². The van der Waals surface area contributed by atoms with Crippen molar-refractivity contribution in [1.29, 1.82) is 0 Å². The molecule has 1 atom stereocenters. The van der Waals surface area contributed by atoms with Crippen molar-refractivity contribution < 1.29 is 9.90 Å². The van der Waals surface area contributed by atoms with Crippen molar-refractivity contribution in [2.45, 2.75) is 12.5 Å². The highest BCUT2D eigenvalue weighted by atomic mass is 35.5. The Morgan fingerprint density at radius 1 is 1.41 bits per heavy atom. The molecule has 0 aliphatic carbocycles. The number of rotatable bonds is 5. The van der Waals surface area contributed by atoms with Crippen LogP contribution in [0, 0.1) is 0 Å². The predicted octanol–water partition coefficient (Wildman–Crippen LogP) is 2.29. The summed E-state index contributed by atoms with van der Waals surface area (Å²) < 4.78 is 0. The van der Waals surface area contributed by atoms with Gasteiger partial charge in [-0.1, -0.05) is 35.3 Å². The number of nitrogens with two attached hydrogens (primary N) is 1. The van der Waals surface area contributed by atoms with Crippen LogP contribution < -0.4 is 5.73 Å². The number of carbonyl (C=O) groups excluding carboxylic acids is 1. The Kier molecular flexibility index (Phi) is 5.65. The molecule has 0 fully saturated rings. The average molecular weight is 274 g/mol. The van der Waals surface area contributed by atoms with Gasteiger partial charge in [0.05, 0.1) is 10.0 Å². The Morgan fingerprint density at radius 2 is 2.12 bits per heavy atom. The molecule has 0 spiro atoms. The molecule has 1 aromatic rings. The van der Waals surface area contributed by atoms with Crippen molar-refractivity contribution in [3.8, 4) is 0 Å². The summed E-state index contributed by atoms with van der Waals surface area (Å²) in [4.78, 5) is 11.4. The second-order valence-corrected chi connectivity index (χ2v) is 4.32. The number of aliphatic hydroxyl groups is 1. The molecule has 0 saturated heterocycles. The van der Waals surface area contributed by atoms with Gasteiger partial charge in [0.2, 0.25) is 0 Å². The van der Waals surface area contributed by atoms with E-state index in [1.54, 1.807) is 24.3 Å². The minimum absolute atomic E-state index is 0.255. The zero-order valence-corrected chi connectivity index (χ0v) is 10.6. The number of aliphatic hydroxyl groups excluding tert-OH is 1. The second-order valence-electron chi connectivity index (χ2n) is 3.50. The van der Waals surface area contributed by atoms with Crippen LogP contribution in [0.2, 0.25) is 10.0 Å². The number of halogens is 2. The molecule has 1 aromatic carbocycles. The maximum Gasteiger partial charge on any atom is 0.184 e. The lowest BCUT2D eigenvalue weighted by Crippen LogP contribution is -2.21. The maximum absolute atomic E-state index is 11.4. The van der Waals surface area contributed by atoms with E-state index in [-0.39, 0.29) is 18.7 Å². The minimum Gasteiger partial charge on any atom is -0.385 e. The molecule has 0 aliphatic rings. The summed E-state index contributed by atoms with van der Waals surface area (Å²) in [6.07, 6.45) is 2.09. The fourth-order valence-electron chi connectivity index (χ4n) is 1.21. The first-order valence-electron chi connectivity index (χ1n) is 5.09. The highest BCUT2D eigenvalue weighted by Gasteiger charge is 2.10. The third-order valence-electron chi connectivity index (χ3n) is 2.15. The van der Waals surface area contributed by atoms with E-state index in [1.165, 1.54) is 6.08 Å². The van der Waals surface area contributed by atoms with Gasteiger partial charge in [0, 0.05) is 0 Å². The van der Waals surface area contributed by atoms with Gasteiger partial charge in [-0.2, -0.15) is 0 Å². The van der Waals surface area contributed by atoms with Crippen molar-refractivity contribution >= 4 is 35.1 Å². The van der Waals surface area contributed by atoms with Crippen LogP contribution in [0.1, 0.15) is 12.0 Å². The van der Waals surface area contributed by atoms with Crippen molar-refractivity contribution in [1.82, 2.24) is 0 Å². The largest absolute Gasteiger partial charge is 0.385 e. The Labute approximate surface area is 110 Å². The first kappa shape index (κ1) is 14.2. The van der Waals surface area contributed by atoms with E-state index in [2.05, 4.69) is 0 Å². The fraction of sp³-hybridized carbons (Fsp3) is 0.250. The maximum atomic E-state index is 11.4. The molecule has 3 N–H and O–H groups in total. The van der Waals surface area contributed by atoms with E-state index in [0.717, 1.165) is 5.56 Å². The first-order chi connectivity index (χ1) is 8.04. The number of carbonyl (C=O) groups is 1. The zero-order chi connectivity index (χ0) is 12.8. The summed E-state index contributed by atoms with van der Waals surface area (Å²) in [6, 6.07) is 5.01. The molecule has 0 bridgehead atoms. The van der Waals surface area contributed by atoms with E-state index in [9.17, 15) is 9.90 Å². The van der Waals surface area contributed by atoms with E-state index < -0.39 is 6.10 Å². The average Bonchev–Trinajstić information content (AvgIpc) is 2.30. The van der Waals surface area contributed by atoms with Crippen molar-refractivity contribution in [3.05, 3.63) is 39.9 Å². The van der Waals surface area contributed by atoms with Crippen LogP contribution in [-0.2, 0) is 4.79 Å².